The molecule has 64 valence electrons. The van der Waals surface area contributed by atoms with Gasteiger partial charge in [-0.3, -0.25) is 0 Å². The van der Waals surface area contributed by atoms with Gasteiger partial charge in [-0.05, 0) is 12.1 Å². The van der Waals surface area contributed by atoms with E-state index in [9.17, 15) is 12.6 Å². The molecule has 0 aliphatic heterocycles. The standard InChI is InChI=1S/C6H5F3P.BF/c7-10(8,9)6-4-2-1-3-5-6;1-2/h1-5H;/q+1;. The molecule has 1 aromatic rings. The first kappa shape index (κ1) is 11.4. The van der Waals surface area contributed by atoms with Crippen LogP contribution in [-0.2, 0) is 0 Å². The summed E-state index contributed by atoms with van der Waals surface area (Å²) in [4.78, 5) is 0. The molecule has 0 saturated heterocycles. The monoisotopic (exact) mass is 195 g/mol. The van der Waals surface area contributed by atoms with Crippen LogP contribution in [0, 0.1) is 0 Å². The molecular formula is C6H5BF4P+. The van der Waals surface area contributed by atoms with E-state index in [2.05, 4.69) is 8.12 Å². The van der Waals surface area contributed by atoms with Crippen molar-refractivity contribution in [1.29, 1.82) is 0 Å². The van der Waals surface area contributed by atoms with E-state index >= 15 is 0 Å². The summed E-state index contributed by atoms with van der Waals surface area (Å²) < 4.78 is 44.7. The van der Waals surface area contributed by atoms with Crippen molar-refractivity contribution in [3.8, 4) is 0 Å². The van der Waals surface area contributed by atoms with Crippen molar-refractivity contribution in [2.45, 2.75) is 0 Å². The lowest BCUT2D eigenvalue weighted by Gasteiger charge is -1.90. The molecule has 6 heteroatoms. The fraction of sp³-hybridized carbons (Fsp3) is 0. The molecular weight excluding hydrogens is 190 g/mol. The largest absolute Gasteiger partial charge is 0.602 e. The Labute approximate surface area is 69.8 Å². The van der Waals surface area contributed by atoms with E-state index in [0.29, 0.717) is 0 Å². The van der Waals surface area contributed by atoms with Gasteiger partial charge in [0.15, 0.2) is 5.30 Å². The Morgan fingerprint density at radius 3 is 1.58 bits per heavy atom. The molecule has 0 spiro atoms. The second kappa shape index (κ2) is 5.15. The Morgan fingerprint density at radius 1 is 0.917 bits per heavy atom. The van der Waals surface area contributed by atoms with Crippen molar-refractivity contribution < 1.29 is 16.9 Å². The Hall–Kier alpha value is -0.565. The lowest BCUT2D eigenvalue weighted by atomic mass is 10.4. The van der Waals surface area contributed by atoms with Crippen molar-refractivity contribution in [1.82, 2.24) is 0 Å². The number of benzene rings is 1. The minimum Gasteiger partial charge on any atom is -0.350 e. The summed E-state index contributed by atoms with van der Waals surface area (Å²) in [5.74, 6) is 0. The summed E-state index contributed by atoms with van der Waals surface area (Å²) in [6.45, 7) is 0. The first-order valence-corrected chi connectivity index (χ1v) is 4.32. The van der Waals surface area contributed by atoms with Gasteiger partial charge in [-0.15, -0.1) is 0 Å². The summed E-state index contributed by atoms with van der Waals surface area (Å²) in [6.07, 6.45) is 0. The van der Waals surface area contributed by atoms with Crippen molar-refractivity contribution >= 4 is 21.6 Å². The molecule has 0 saturated carbocycles. The van der Waals surface area contributed by atoms with E-state index in [1.807, 2.05) is 0 Å². The molecule has 0 fully saturated rings. The lowest BCUT2D eigenvalue weighted by molar-refractivity contribution is 0.607. The molecule has 0 unspecified atom stereocenters. The minimum atomic E-state index is -5.27. The summed E-state index contributed by atoms with van der Waals surface area (Å²) in [7, 11) is -2.27. The molecule has 0 aliphatic carbocycles. The minimum absolute atomic E-state index is 0.491. The van der Waals surface area contributed by atoms with Crippen LogP contribution in [0.15, 0.2) is 30.3 Å². The molecule has 1 aromatic carbocycles. The summed E-state index contributed by atoms with van der Waals surface area (Å²) in [5.41, 5.74) is 0. The van der Waals surface area contributed by atoms with Crippen LogP contribution in [0.2, 0.25) is 0 Å². The number of hydrogen-bond donors (Lipinski definition) is 0. The van der Waals surface area contributed by atoms with Gasteiger partial charge in [0.05, 0.1) is 0 Å². The van der Waals surface area contributed by atoms with E-state index < -0.39 is 13.5 Å². The maximum Gasteiger partial charge on any atom is 0.602 e. The number of halogens is 4. The molecule has 0 nitrogen and oxygen atoms in total. The van der Waals surface area contributed by atoms with Crippen LogP contribution in [0.4, 0.5) is 16.9 Å². The number of rotatable bonds is 1. The second-order valence-corrected chi connectivity index (χ2v) is 3.19. The Kier molecular flexibility index (Phi) is 4.90. The van der Waals surface area contributed by atoms with Gasteiger partial charge < -0.3 is 4.32 Å². The average molecular weight is 195 g/mol. The van der Waals surface area contributed by atoms with E-state index in [-0.39, 0.29) is 0 Å². The summed E-state index contributed by atoms with van der Waals surface area (Å²) in [6, 6.07) is 6.53. The van der Waals surface area contributed by atoms with Gasteiger partial charge in [0, 0.05) is 12.6 Å². The van der Waals surface area contributed by atoms with Gasteiger partial charge >= 0.3 is 16.3 Å². The molecule has 0 atom stereocenters. The van der Waals surface area contributed by atoms with Crippen LogP contribution in [0.1, 0.15) is 0 Å². The molecule has 1 rings (SSSR count). The zero-order valence-electron chi connectivity index (χ0n) is 5.92. The Morgan fingerprint density at radius 2 is 1.33 bits per heavy atom. The van der Waals surface area contributed by atoms with Crippen LogP contribution in [0.5, 0.6) is 0 Å². The first-order valence-electron chi connectivity index (χ1n) is 2.86. The maximum absolute atomic E-state index is 11.9. The molecule has 0 bridgehead atoms. The first-order chi connectivity index (χ1) is 5.61. The maximum atomic E-state index is 11.9. The van der Waals surface area contributed by atoms with Gasteiger partial charge in [-0.1, -0.05) is 18.2 Å². The van der Waals surface area contributed by atoms with Crippen LogP contribution in [0.25, 0.3) is 0 Å². The van der Waals surface area contributed by atoms with E-state index in [1.165, 1.54) is 12.1 Å². The lowest BCUT2D eigenvalue weighted by Crippen LogP contribution is -1.97. The van der Waals surface area contributed by atoms with Gasteiger partial charge in [-0.25, -0.2) is 0 Å². The molecule has 12 heavy (non-hydrogen) atoms. The highest BCUT2D eigenvalue weighted by Gasteiger charge is 2.46. The second-order valence-electron chi connectivity index (χ2n) is 1.78. The normalized spacial score (nSPS) is 10.0. The Balaban J connectivity index is 0.000000561. The van der Waals surface area contributed by atoms with Crippen LogP contribution in [-0.4, -0.2) is 8.12 Å². The molecule has 0 aliphatic rings. The third-order valence-electron chi connectivity index (χ3n) is 1.05. The zero-order valence-corrected chi connectivity index (χ0v) is 6.82. The highest BCUT2D eigenvalue weighted by molar-refractivity contribution is 7.68. The molecule has 2 radical (unpaired) electrons. The Bertz CT molecular complexity index is 211. The van der Waals surface area contributed by atoms with Crippen LogP contribution < -0.4 is 5.30 Å². The third-order valence-corrected chi connectivity index (χ3v) is 1.93. The SMILES string of the molecule is F[P+](F)(F)c1ccccc1.[B]F. The van der Waals surface area contributed by atoms with E-state index in [4.69, 9.17) is 4.32 Å². The molecule has 0 N–H and O–H groups in total. The molecule has 0 amide bonds. The summed E-state index contributed by atoms with van der Waals surface area (Å²) in [5, 5.41) is -0.491. The van der Waals surface area contributed by atoms with Gasteiger partial charge in [0.2, 0.25) is 0 Å². The van der Waals surface area contributed by atoms with Gasteiger partial charge in [0.1, 0.15) is 0 Å². The number of hydrogen-bond acceptors (Lipinski definition) is 0. The highest BCUT2D eigenvalue weighted by Crippen LogP contribution is 2.62. The van der Waals surface area contributed by atoms with Crippen LogP contribution in [0.3, 0.4) is 0 Å². The van der Waals surface area contributed by atoms with Gasteiger partial charge in [-0.2, -0.15) is 0 Å². The third kappa shape index (κ3) is 3.72. The zero-order chi connectivity index (χ0) is 9.61. The smallest absolute Gasteiger partial charge is 0.350 e. The van der Waals surface area contributed by atoms with Crippen LogP contribution >= 0.6 is 8.19 Å². The van der Waals surface area contributed by atoms with Gasteiger partial charge in [0.25, 0.3) is 0 Å². The van der Waals surface area contributed by atoms with Crippen molar-refractivity contribution in [2.24, 2.45) is 0 Å². The fourth-order valence-electron chi connectivity index (χ4n) is 0.597. The summed E-state index contributed by atoms with van der Waals surface area (Å²) >= 11 is 0. The molecule has 0 aromatic heterocycles. The topological polar surface area (TPSA) is 0 Å². The fourth-order valence-corrected chi connectivity index (χ4v) is 1.11. The van der Waals surface area contributed by atoms with Crippen molar-refractivity contribution in [3.05, 3.63) is 30.3 Å². The average Bonchev–Trinajstić information content (AvgIpc) is 2.08. The highest BCUT2D eigenvalue weighted by atomic mass is 31.3. The predicted octanol–water partition coefficient (Wildman–Crippen LogP) is 3.02. The van der Waals surface area contributed by atoms with Crippen molar-refractivity contribution in [3.63, 3.8) is 0 Å². The van der Waals surface area contributed by atoms with E-state index in [0.717, 1.165) is 12.1 Å². The quantitative estimate of drug-likeness (QED) is 0.367. The van der Waals surface area contributed by atoms with Crippen molar-refractivity contribution in [2.75, 3.05) is 0 Å². The molecule has 0 heterocycles. The predicted molar refractivity (Wildman–Crippen MR) is 43.2 cm³/mol. The van der Waals surface area contributed by atoms with E-state index in [1.54, 1.807) is 6.07 Å².